The maximum atomic E-state index is 11.1. The van der Waals surface area contributed by atoms with E-state index < -0.39 is 5.97 Å². The van der Waals surface area contributed by atoms with Crippen molar-refractivity contribution in [3.63, 3.8) is 0 Å². The zero-order chi connectivity index (χ0) is 14.1. The van der Waals surface area contributed by atoms with Crippen LogP contribution in [0.3, 0.4) is 0 Å². The minimum Gasteiger partial charge on any atom is -0.477 e. The van der Waals surface area contributed by atoms with Crippen molar-refractivity contribution in [3.8, 4) is 11.1 Å². The van der Waals surface area contributed by atoms with Gasteiger partial charge in [-0.1, -0.05) is 43.3 Å². The van der Waals surface area contributed by atoms with Crippen LogP contribution in [-0.4, -0.2) is 16.1 Å². The van der Waals surface area contributed by atoms with Crippen molar-refractivity contribution in [2.24, 2.45) is 0 Å². The third kappa shape index (κ3) is 1.97. The zero-order valence-electron chi connectivity index (χ0n) is 11.2. The van der Waals surface area contributed by atoms with E-state index in [1.165, 1.54) is 5.56 Å². The largest absolute Gasteiger partial charge is 0.477 e. The highest BCUT2D eigenvalue weighted by Crippen LogP contribution is 2.31. The molecule has 0 atom stereocenters. The van der Waals surface area contributed by atoms with Crippen LogP contribution in [0.2, 0.25) is 0 Å². The van der Waals surface area contributed by atoms with E-state index in [1.807, 2.05) is 30.3 Å². The summed E-state index contributed by atoms with van der Waals surface area (Å²) in [6.45, 7) is 2.12. The smallest absolute Gasteiger partial charge is 0.352 e. The molecule has 0 radical (unpaired) electrons. The third-order valence-corrected chi connectivity index (χ3v) is 3.58. The van der Waals surface area contributed by atoms with Gasteiger partial charge >= 0.3 is 5.97 Å². The molecule has 2 aromatic carbocycles. The lowest BCUT2D eigenvalue weighted by Gasteiger charge is -2.09. The molecular formula is C17H15NO2. The predicted octanol–water partition coefficient (Wildman–Crippen LogP) is 4.10. The van der Waals surface area contributed by atoms with E-state index in [1.54, 1.807) is 6.07 Å². The molecule has 0 aliphatic heterocycles. The molecule has 0 aliphatic rings. The normalized spacial score (nSPS) is 10.8. The predicted molar refractivity (Wildman–Crippen MR) is 80.1 cm³/mol. The maximum absolute atomic E-state index is 11.1. The van der Waals surface area contributed by atoms with Crippen molar-refractivity contribution in [1.82, 2.24) is 4.98 Å². The SMILES string of the molecule is CCc1ccccc1-c1cccc2[nH]c(C(=O)O)cc12. The number of H-pyrrole nitrogens is 1. The second-order valence-corrected chi connectivity index (χ2v) is 4.77. The third-order valence-electron chi connectivity index (χ3n) is 3.58. The van der Waals surface area contributed by atoms with Gasteiger partial charge in [-0.15, -0.1) is 0 Å². The number of aryl methyl sites for hydroxylation is 1. The highest BCUT2D eigenvalue weighted by Gasteiger charge is 2.12. The zero-order valence-corrected chi connectivity index (χ0v) is 11.2. The molecule has 20 heavy (non-hydrogen) atoms. The van der Waals surface area contributed by atoms with Gasteiger partial charge in [0, 0.05) is 10.9 Å². The monoisotopic (exact) mass is 265 g/mol. The van der Waals surface area contributed by atoms with Crippen molar-refractivity contribution < 1.29 is 9.90 Å². The van der Waals surface area contributed by atoms with Crippen LogP contribution >= 0.6 is 0 Å². The lowest BCUT2D eigenvalue weighted by atomic mass is 9.95. The van der Waals surface area contributed by atoms with Gasteiger partial charge in [0.2, 0.25) is 0 Å². The molecule has 0 unspecified atom stereocenters. The summed E-state index contributed by atoms with van der Waals surface area (Å²) in [5, 5.41) is 10.1. The first-order chi connectivity index (χ1) is 9.70. The molecule has 0 saturated heterocycles. The van der Waals surface area contributed by atoms with E-state index in [-0.39, 0.29) is 5.69 Å². The molecule has 1 heterocycles. The number of benzene rings is 2. The number of carboxylic acid groups (broad SMARTS) is 1. The Morgan fingerprint density at radius 1 is 1.10 bits per heavy atom. The van der Waals surface area contributed by atoms with Crippen LogP contribution in [0, 0.1) is 0 Å². The minimum absolute atomic E-state index is 0.224. The average molecular weight is 265 g/mol. The van der Waals surface area contributed by atoms with Crippen molar-refractivity contribution in [2.45, 2.75) is 13.3 Å². The molecule has 1 aromatic heterocycles. The summed E-state index contributed by atoms with van der Waals surface area (Å²) in [7, 11) is 0. The molecule has 3 rings (SSSR count). The van der Waals surface area contributed by atoms with E-state index in [4.69, 9.17) is 5.11 Å². The highest BCUT2D eigenvalue weighted by molar-refractivity contribution is 6.01. The molecule has 0 bridgehead atoms. The van der Waals surface area contributed by atoms with Crippen molar-refractivity contribution in [3.05, 3.63) is 59.8 Å². The maximum Gasteiger partial charge on any atom is 0.352 e. The average Bonchev–Trinajstić information content (AvgIpc) is 2.91. The Hall–Kier alpha value is -2.55. The van der Waals surface area contributed by atoms with Gasteiger partial charge in [0.15, 0.2) is 0 Å². The Kier molecular flexibility index (Phi) is 3.03. The quantitative estimate of drug-likeness (QED) is 0.749. The van der Waals surface area contributed by atoms with Crippen LogP contribution in [0.25, 0.3) is 22.0 Å². The number of hydrogen-bond donors (Lipinski definition) is 2. The summed E-state index contributed by atoms with van der Waals surface area (Å²) in [5.41, 5.74) is 4.57. The second-order valence-electron chi connectivity index (χ2n) is 4.77. The van der Waals surface area contributed by atoms with E-state index >= 15 is 0 Å². The second kappa shape index (κ2) is 4.85. The summed E-state index contributed by atoms with van der Waals surface area (Å²) in [6, 6.07) is 15.8. The molecule has 0 fully saturated rings. The van der Waals surface area contributed by atoms with E-state index in [0.29, 0.717) is 0 Å². The summed E-state index contributed by atoms with van der Waals surface area (Å²) in [5.74, 6) is -0.934. The van der Waals surface area contributed by atoms with Gasteiger partial charge in [-0.2, -0.15) is 0 Å². The molecule has 3 nitrogen and oxygen atoms in total. The number of fused-ring (bicyclic) bond motifs is 1. The van der Waals surface area contributed by atoms with E-state index in [2.05, 4.69) is 24.0 Å². The first-order valence-corrected chi connectivity index (χ1v) is 6.64. The number of hydrogen-bond acceptors (Lipinski definition) is 1. The fourth-order valence-corrected chi connectivity index (χ4v) is 2.60. The molecule has 0 saturated carbocycles. The standard InChI is InChI=1S/C17H15NO2/c1-2-11-6-3-4-7-12(11)13-8-5-9-15-14(13)10-16(18-15)17(19)20/h3-10,18H,2H2,1H3,(H,19,20). The summed E-state index contributed by atoms with van der Waals surface area (Å²) in [4.78, 5) is 14.1. The summed E-state index contributed by atoms with van der Waals surface area (Å²) < 4.78 is 0. The topological polar surface area (TPSA) is 53.1 Å². The summed E-state index contributed by atoms with van der Waals surface area (Å²) >= 11 is 0. The van der Waals surface area contributed by atoms with Crippen LogP contribution in [0.1, 0.15) is 23.0 Å². The lowest BCUT2D eigenvalue weighted by Crippen LogP contribution is -1.94. The van der Waals surface area contributed by atoms with Gasteiger partial charge < -0.3 is 10.1 Å². The Morgan fingerprint density at radius 2 is 1.85 bits per heavy atom. The number of carbonyl (C=O) groups is 1. The summed E-state index contributed by atoms with van der Waals surface area (Å²) in [6.07, 6.45) is 0.947. The molecule has 0 spiro atoms. The molecule has 3 heteroatoms. The van der Waals surface area contributed by atoms with Gasteiger partial charge in [-0.25, -0.2) is 4.79 Å². The van der Waals surface area contributed by atoms with Crippen LogP contribution in [0.15, 0.2) is 48.5 Å². The fraction of sp³-hybridized carbons (Fsp3) is 0.118. The number of aromatic nitrogens is 1. The van der Waals surface area contributed by atoms with Crippen molar-refractivity contribution >= 4 is 16.9 Å². The number of carboxylic acids is 1. The Labute approximate surface area is 116 Å². The number of aromatic amines is 1. The van der Waals surface area contributed by atoms with E-state index in [9.17, 15) is 4.79 Å². The van der Waals surface area contributed by atoms with Gasteiger partial charge in [-0.3, -0.25) is 0 Å². The molecule has 2 N–H and O–H groups in total. The molecule has 0 aliphatic carbocycles. The number of aromatic carboxylic acids is 1. The molecule has 0 amide bonds. The Morgan fingerprint density at radius 3 is 2.60 bits per heavy atom. The van der Waals surface area contributed by atoms with Crippen molar-refractivity contribution in [1.29, 1.82) is 0 Å². The van der Waals surface area contributed by atoms with Gasteiger partial charge in [-0.05, 0) is 35.2 Å². The number of rotatable bonds is 3. The van der Waals surface area contributed by atoms with Gasteiger partial charge in [0.25, 0.3) is 0 Å². The molecule has 3 aromatic rings. The van der Waals surface area contributed by atoms with Gasteiger partial charge in [0.1, 0.15) is 5.69 Å². The fourth-order valence-electron chi connectivity index (χ4n) is 2.60. The Bertz CT molecular complexity index is 787. The van der Waals surface area contributed by atoms with Crippen LogP contribution in [0.4, 0.5) is 0 Å². The van der Waals surface area contributed by atoms with Crippen molar-refractivity contribution in [2.75, 3.05) is 0 Å². The highest BCUT2D eigenvalue weighted by atomic mass is 16.4. The first kappa shape index (κ1) is 12.5. The Balaban J connectivity index is 2.28. The molecule has 100 valence electrons. The van der Waals surface area contributed by atoms with Crippen LogP contribution < -0.4 is 0 Å². The van der Waals surface area contributed by atoms with Gasteiger partial charge in [0.05, 0.1) is 0 Å². The van der Waals surface area contributed by atoms with Crippen LogP contribution in [-0.2, 0) is 6.42 Å². The lowest BCUT2D eigenvalue weighted by molar-refractivity contribution is 0.0691. The number of nitrogens with one attached hydrogen (secondary N) is 1. The first-order valence-electron chi connectivity index (χ1n) is 6.64. The minimum atomic E-state index is -0.934. The van der Waals surface area contributed by atoms with Crippen LogP contribution in [0.5, 0.6) is 0 Å². The van der Waals surface area contributed by atoms with E-state index in [0.717, 1.165) is 28.5 Å². The molecular weight excluding hydrogens is 250 g/mol.